The smallest absolute Gasteiger partial charge is 0 e. The Labute approximate surface area is 44.1 Å². The van der Waals surface area contributed by atoms with Crippen LogP contribution in [0.25, 0.3) is 0 Å². The Hall–Kier alpha value is 0.802. The molecule has 0 unspecified atom stereocenters. The van der Waals surface area contributed by atoms with E-state index in [4.69, 9.17) is 0 Å². The fourth-order valence-corrected chi connectivity index (χ4v) is 0. The SMILES string of the molecule is O.O.O.[Cd]. The predicted molar refractivity (Wildman–Crippen MR) is 10.8 cm³/mol. The van der Waals surface area contributed by atoms with E-state index in [1.807, 2.05) is 0 Å². The molecule has 0 aliphatic heterocycles. The number of hydrogen-bond donors (Lipinski definition) is 0. The minimum atomic E-state index is 0. The van der Waals surface area contributed by atoms with Crippen molar-refractivity contribution in [3.05, 3.63) is 0 Å². The van der Waals surface area contributed by atoms with Gasteiger partial charge in [0.2, 0.25) is 0 Å². The fraction of sp³-hybridized carbons (Fsp3) is 0. The first-order valence-corrected chi connectivity index (χ1v) is 0. The van der Waals surface area contributed by atoms with Crippen LogP contribution in [0.5, 0.6) is 0 Å². The maximum atomic E-state index is 0. The Morgan fingerprint density at radius 1 is 0.500 bits per heavy atom. The zero-order valence-electron chi connectivity index (χ0n) is 2.21. The molecule has 0 rings (SSSR count). The molecular formula is H6CdO3. The Morgan fingerprint density at radius 2 is 0.500 bits per heavy atom. The van der Waals surface area contributed by atoms with Crippen molar-refractivity contribution in [1.82, 2.24) is 0 Å². The van der Waals surface area contributed by atoms with Crippen LogP contribution in [-0.2, 0) is 27.3 Å². The van der Waals surface area contributed by atoms with Gasteiger partial charge < -0.3 is 16.4 Å². The predicted octanol–water partition coefficient (Wildman–Crippen LogP) is -2.48. The minimum Gasteiger partial charge on any atom is -0.412 e. The second-order valence-corrected chi connectivity index (χ2v) is 0. The van der Waals surface area contributed by atoms with Crippen molar-refractivity contribution in [1.29, 1.82) is 0 Å². The van der Waals surface area contributed by atoms with Crippen LogP contribution in [0.3, 0.4) is 0 Å². The summed E-state index contributed by atoms with van der Waals surface area (Å²) >= 11 is 0. The first kappa shape index (κ1) is 108. The summed E-state index contributed by atoms with van der Waals surface area (Å²) in [4.78, 5) is 0. The van der Waals surface area contributed by atoms with Crippen LogP contribution < -0.4 is 0 Å². The molecule has 0 aliphatic carbocycles. The summed E-state index contributed by atoms with van der Waals surface area (Å²) in [6, 6.07) is 0. The van der Waals surface area contributed by atoms with E-state index in [9.17, 15) is 0 Å². The molecule has 0 aromatic carbocycles. The molecule has 0 saturated heterocycles. The first-order chi connectivity index (χ1) is 0. The molecule has 4 heavy (non-hydrogen) atoms. The topological polar surface area (TPSA) is 94.5 Å². The largest absolute Gasteiger partial charge is 0.412 e. The summed E-state index contributed by atoms with van der Waals surface area (Å²) in [7, 11) is 0. The van der Waals surface area contributed by atoms with Gasteiger partial charge in [0.05, 0.1) is 0 Å². The molecule has 26 valence electrons. The zero-order chi connectivity index (χ0) is 0. The third kappa shape index (κ3) is 14.1. The normalized spacial score (nSPS) is 0. The second-order valence-electron chi connectivity index (χ2n) is 0. The van der Waals surface area contributed by atoms with Gasteiger partial charge in [-0.2, -0.15) is 0 Å². The molecule has 0 aromatic heterocycles. The van der Waals surface area contributed by atoms with Gasteiger partial charge in [-0.05, 0) is 0 Å². The maximum absolute atomic E-state index is 0. The summed E-state index contributed by atoms with van der Waals surface area (Å²) in [5.41, 5.74) is 0. The van der Waals surface area contributed by atoms with Gasteiger partial charge in [0.1, 0.15) is 0 Å². The molecule has 6 N–H and O–H groups in total. The molecule has 0 fully saturated rings. The van der Waals surface area contributed by atoms with Gasteiger partial charge in [0, 0.05) is 27.3 Å². The van der Waals surface area contributed by atoms with Gasteiger partial charge >= 0.3 is 0 Å². The van der Waals surface area contributed by atoms with Gasteiger partial charge in [-0.3, -0.25) is 0 Å². The van der Waals surface area contributed by atoms with Crippen LogP contribution >= 0.6 is 0 Å². The summed E-state index contributed by atoms with van der Waals surface area (Å²) < 4.78 is 0. The zero-order valence-corrected chi connectivity index (χ0v) is 6.24. The van der Waals surface area contributed by atoms with Crippen LogP contribution in [0.2, 0.25) is 0 Å². The van der Waals surface area contributed by atoms with E-state index in [-0.39, 0.29) is 43.7 Å². The van der Waals surface area contributed by atoms with E-state index >= 15 is 0 Å². The maximum Gasteiger partial charge on any atom is 0 e. The van der Waals surface area contributed by atoms with Gasteiger partial charge in [-0.25, -0.2) is 0 Å². The molecule has 4 heteroatoms. The van der Waals surface area contributed by atoms with Crippen molar-refractivity contribution >= 4 is 0 Å². The van der Waals surface area contributed by atoms with Gasteiger partial charge in [0.15, 0.2) is 0 Å². The average Bonchev–Trinajstić information content (AvgIpc) is 0. The van der Waals surface area contributed by atoms with Crippen molar-refractivity contribution in [2.24, 2.45) is 0 Å². The Kier molecular flexibility index (Phi) is 1250. The summed E-state index contributed by atoms with van der Waals surface area (Å²) in [5, 5.41) is 0. The van der Waals surface area contributed by atoms with Crippen LogP contribution in [0.4, 0.5) is 0 Å². The molecule has 0 aromatic rings. The number of hydrogen-bond acceptors (Lipinski definition) is 0. The van der Waals surface area contributed by atoms with Crippen LogP contribution in [-0.4, -0.2) is 16.4 Å². The third-order valence-corrected chi connectivity index (χ3v) is 0. The summed E-state index contributed by atoms with van der Waals surface area (Å²) in [6.07, 6.45) is 0. The molecule has 0 amide bonds. The van der Waals surface area contributed by atoms with E-state index < -0.39 is 0 Å². The van der Waals surface area contributed by atoms with Crippen molar-refractivity contribution in [2.45, 2.75) is 0 Å². The summed E-state index contributed by atoms with van der Waals surface area (Å²) in [6.45, 7) is 0. The molecule has 0 aliphatic rings. The molecule has 0 bridgehead atoms. The van der Waals surface area contributed by atoms with Gasteiger partial charge in [-0.15, -0.1) is 0 Å². The third-order valence-electron chi connectivity index (χ3n) is 0. The van der Waals surface area contributed by atoms with Crippen molar-refractivity contribution in [3.8, 4) is 0 Å². The number of rotatable bonds is 0. The van der Waals surface area contributed by atoms with Crippen LogP contribution in [0.15, 0.2) is 0 Å². The van der Waals surface area contributed by atoms with Crippen molar-refractivity contribution in [2.75, 3.05) is 0 Å². The van der Waals surface area contributed by atoms with Gasteiger partial charge in [-0.1, -0.05) is 0 Å². The average molecular weight is 166 g/mol. The molecular weight excluding hydrogens is 160 g/mol. The molecule has 0 heterocycles. The molecule has 0 radical (unpaired) electrons. The monoisotopic (exact) mass is 168 g/mol. The Balaban J connectivity index is 0. The van der Waals surface area contributed by atoms with Crippen molar-refractivity contribution in [3.63, 3.8) is 0 Å². The molecule has 0 saturated carbocycles. The Morgan fingerprint density at radius 3 is 0.500 bits per heavy atom. The minimum absolute atomic E-state index is 0. The van der Waals surface area contributed by atoms with Gasteiger partial charge in [0.25, 0.3) is 0 Å². The second kappa shape index (κ2) is 46.4. The molecule has 0 atom stereocenters. The van der Waals surface area contributed by atoms with E-state index in [0.717, 1.165) is 0 Å². The summed E-state index contributed by atoms with van der Waals surface area (Å²) in [5.74, 6) is 0. The van der Waals surface area contributed by atoms with E-state index in [2.05, 4.69) is 0 Å². The van der Waals surface area contributed by atoms with Crippen LogP contribution in [0, 0.1) is 0 Å². The van der Waals surface area contributed by atoms with E-state index in [0.29, 0.717) is 0 Å². The molecule has 0 spiro atoms. The van der Waals surface area contributed by atoms with E-state index in [1.54, 1.807) is 0 Å². The quantitative estimate of drug-likeness (QED) is 0.357. The van der Waals surface area contributed by atoms with E-state index in [1.165, 1.54) is 0 Å². The van der Waals surface area contributed by atoms with Crippen molar-refractivity contribution < 1.29 is 43.7 Å². The Bertz CT molecular complexity index is 3.25. The standard InChI is InChI=1S/Cd.3H2O/h;3*1H2. The molecule has 3 nitrogen and oxygen atoms in total. The fourth-order valence-electron chi connectivity index (χ4n) is 0. The van der Waals surface area contributed by atoms with Crippen LogP contribution in [0.1, 0.15) is 0 Å². The first-order valence-electron chi connectivity index (χ1n) is 0.